The lowest BCUT2D eigenvalue weighted by Crippen LogP contribution is -2.03. The van der Waals surface area contributed by atoms with Gasteiger partial charge in [-0.15, -0.1) is 11.8 Å². The van der Waals surface area contributed by atoms with Crippen LogP contribution in [0.2, 0.25) is 0 Å². The Kier molecular flexibility index (Phi) is 5.80. The van der Waals surface area contributed by atoms with Gasteiger partial charge in [0, 0.05) is 11.3 Å². The van der Waals surface area contributed by atoms with Gasteiger partial charge in [0.2, 0.25) is 0 Å². The molecule has 0 aliphatic rings. The zero-order valence-electron chi connectivity index (χ0n) is 12.9. The molecule has 0 atom stereocenters. The minimum absolute atomic E-state index is 0.161. The van der Waals surface area contributed by atoms with Crippen LogP contribution in [-0.4, -0.2) is 11.5 Å². The fraction of sp³-hybridized carbons (Fsp3) is 0.263. The lowest BCUT2D eigenvalue weighted by Gasteiger charge is -2.06. The summed E-state index contributed by atoms with van der Waals surface area (Å²) in [5.74, 6) is 1.89. The first kappa shape index (κ1) is 16.3. The lowest BCUT2D eigenvalue weighted by atomic mass is 10.0. The van der Waals surface area contributed by atoms with Gasteiger partial charge in [-0.25, -0.2) is 0 Å². The fourth-order valence-corrected chi connectivity index (χ4v) is 2.96. The quantitative estimate of drug-likeness (QED) is 0.720. The highest BCUT2D eigenvalue weighted by molar-refractivity contribution is 7.99. The Morgan fingerprint density at radius 2 is 1.73 bits per heavy atom. The second-order valence-corrected chi connectivity index (χ2v) is 6.49. The number of thioether (sulfide) groups is 1. The summed E-state index contributed by atoms with van der Waals surface area (Å²) in [6.07, 6.45) is 0. The van der Waals surface area contributed by atoms with Crippen LogP contribution in [0.1, 0.15) is 46.8 Å². The topological polar surface area (TPSA) is 40.9 Å². The van der Waals surface area contributed by atoms with E-state index in [1.165, 1.54) is 5.56 Å². The van der Waals surface area contributed by atoms with Crippen molar-refractivity contribution in [2.45, 2.75) is 25.5 Å². The fourth-order valence-electron chi connectivity index (χ4n) is 2.07. The van der Waals surface area contributed by atoms with Gasteiger partial charge in [0.1, 0.15) is 0 Å². The van der Waals surface area contributed by atoms with Crippen molar-refractivity contribution in [3.8, 4) is 6.07 Å². The molecule has 0 saturated heterocycles. The Labute approximate surface area is 136 Å². The number of hydrogen-bond acceptors (Lipinski definition) is 3. The van der Waals surface area contributed by atoms with Crippen molar-refractivity contribution in [3.05, 3.63) is 70.8 Å². The molecule has 0 bridgehead atoms. The van der Waals surface area contributed by atoms with Crippen LogP contribution in [0.5, 0.6) is 0 Å². The molecule has 22 heavy (non-hydrogen) atoms. The summed E-state index contributed by atoms with van der Waals surface area (Å²) >= 11 is 1.60. The number of nitriles is 1. The molecular weight excluding hydrogens is 290 g/mol. The average Bonchev–Trinajstić information content (AvgIpc) is 2.55. The van der Waals surface area contributed by atoms with E-state index in [0.29, 0.717) is 17.2 Å². The van der Waals surface area contributed by atoms with E-state index in [1.807, 2.05) is 48.5 Å². The van der Waals surface area contributed by atoms with Crippen LogP contribution in [0.3, 0.4) is 0 Å². The van der Waals surface area contributed by atoms with Crippen molar-refractivity contribution >= 4 is 17.5 Å². The molecule has 0 radical (unpaired) electrons. The maximum absolute atomic E-state index is 12.2. The van der Waals surface area contributed by atoms with E-state index < -0.39 is 0 Å². The second-order valence-electron chi connectivity index (χ2n) is 5.50. The highest BCUT2D eigenvalue weighted by Gasteiger charge is 2.07. The van der Waals surface area contributed by atoms with Gasteiger partial charge in [0.25, 0.3) is 0 Å². The van der Waals surface area contributed by atoms with Gasteiger partial charge in [-0.3, -0.25) is 4.79 Å². The van der Waals surface area contributed by atoms with Crippen LogP contribution in [0.4, 0.5) is 0 Å². The number of carbonyl (C=O) groups excluding carboxylic acids is 1. The summed E-state index contributed by atoms with van der Waals surface area (Å²) < 4.78 is 0. The zero-order valence-corrected chi connectivity index (χ0v) is 13.7. The molecular formula is C19H19NOS. The first-order valence-electron chi connectivity index (χ1n) is 7.30. The molecule has 0 heterocycles. The number of ketones is 1. The third-order valence-corrected chi connectivity index (χ3v) is 4.49. The van der Waals surface area contributed by atoms with Gasteiger partial charge in [-0.05, 0) is 29.2 Å². The van der Waals surface area contributed by atoms with Crippen LogP contribution in [0.25, 0.3) is 0 Å². The molecule has 112 valence electrons. The third-order valence-electron chi connectivity index (χ3n) is 3.48. The van der Waals surface area contributed by atoms with Crippen molar-refractivity contribution in [2.24, 2.45) is 0 Å². The molecule has 0 fully saturated rings. The first-order valence-corrected chi connectivity index (χ1v) is 8.45. The molecule has 0 saturated carbocycles. The predicted octanol–water partition coefficient (Wildman–Crippen LogP) is 4.80. The molecule has 2 rings (SSSR count). The van der Waals surface area contributed by atoms with Crippen LogP contribution in [-0.2, 0) is 5.75 Å². The normalized spacial score (nSPS) is 10.5. The average molecular weight is 309 g/mol. The van der Waals surface area contributed by atoms with Gasteiger partial charge in [-0.2, -0.15) is 5.26 Å². The maximum Gasteiger partial charge on any atom is 0.172 e. The molecule has 0 aliphatic carbocycles. The smallest absolute Gasteiger partial charge is 0.172 e. The maximum atomic E-state index is 12.2. The molecule has 0 N–H and O–H groups in total. The van der Waals surface area contributed by atoms with Crippen molar-refractivity contribution in [3.63, 3.8) is 0 Å². The van der Waals surface area contributed by atoms with Crippen LogP contribution in [0.15, 0.2) is 48.5 Å². The van der Waals surface area contributed by atoms with E-state index in [9.17, 15) is 4.79 Å². The Morgan fingerprint density at radius 1 is 1.09 bits per heavy atom. The molecule has 0 aromatic heterocycles. The molecule has 0 unspecified atom stereocenters. The highest BCUT2D eigenvalue weighted by Crippen LogP contribution is 2.18. The Balaban J connectivity index is 1.85. The van der Waals surface area contributed by atoms with Crippen LogP contribution < -0.4 is 0 Å². The van der Waals surface area contributed by atoms with Gasteiger partial charge in [-0.1, -0.05) is 50.2 Å². The largest absolute Gasteiger partial charge is 0.293 e. The van der Waals surface area contributed by atoms with Gasteiger partial charge >= 0.3 is 0 Å². The van der Waals surface area contributed by atoms with E-state index in [-0.39, 0.29) is 5.78 Å². The molecule has 2 aromatic rings. The summed E-state index contributed by atoms with van der Waals surface area (Å²) in [4.78, 5) is 12.2. The van der Waals surface area contributed by atoms with E-state index >= 15 is 0 Å². The standard InChI is InChI=1S/C19H19NOS/c1-14(2)17-7-9-18(10-8-17)19(21)13-22-12-16-5-3-15(11-20)4-6-16/h3-10,14H,12-13H2,1-2H3. The van der Waals surface area contributed by atoms with Crippen molar-refractivity contribution in [2.75, 3.05) is 5.75 Å². The van der Waals surface area contributed by atoms with Crippen molar-refractivity contribution < 1.29 is 4.79 Å². The number of nitrogens with zero attached hydrogens (tertiary/aromatic N) is 1. The van der Waals surface area contributed by atoms with Crippen molar-refractivity contribution in [1.82, 2.24) is 0 Å². The molecule has 0 amide bonds. The van der Waals surface area contributed by atoms with Crippen molar-refractivity contribution in [1.29, 1.82) is 5.26 Å². The Bertz CT molecular complexity index is 666. The minimum Gasteiger partial charge on any atom is -0.293 e. The summed E-state index contributed by atoms with van der Waals surface area (Å²) in [5, 5.41) is 8.76. The van der Waals surface area contributed by atoms with E-state index in [1.54, 1.807) is 11.8 Å². The zero-order chi connectivity index (χ0) is 15.9. The van der Waals surface area contributed by atoms with Crippen LogP contribution in [0, 0.1) is 11.3 Å². The number of Topliss-reactive ketones (excluding diaryl/α,β-unsaturated/α-hetero) is 1. The summed E-state index contributed by atoms with van der Waals surface area (Å²) in [7, 11) is 0. The SMILES string of the molecule is CC(C)c1ccc(C(=O)CSCc2ccc(C#N)cc2)cc1. The lowest BCUT2D eigenvalue weighted by molar-refractivity contribution is 0.102. The molecule has 3 heteroatoms. The van der Waals surface area contributed by atoms with Gasteiger partial charge in [0.15, 0.2) is 5.78 Å². The number of hydrogen-bond donors (Lipinski definition) is 0. The number of carbonyl (C=O) groups is 1. The summed E-state index contributed by atoms with van der Waals surface area (Å²) in [6.45, 7) is 4.29. The van der Waals surface area contributed by atoms with Gasteiger partial charge < -0.3 is 0 Å². The monoisotopic (exact) mass is 309 g/mol. The van der Waals surface area contributed by atoms with Gasteiger partial charge in [0.05, 0.1) is 17.4 Å². The second kappa shape index (κ2) is 7.82. The van der Waals surface area contributed by atoms with E-state index in [0.717, 1.165) is 16.9 Å². The highest BCUT2D eigenvalue weighted by atomic mass is 32.2. The Hall–Kier alpha value is -2.05. The summed E-state index contributed by atoms with van der Waals surface area (Å²) in [5.41, 5.74) is 3.82. The molecule has 0 aliphatic heterocycles. The minimum atomic E-state index is 0.161. The molecule has 2 nitrogen and oxygen atoms in total. The summed E-state index contributed by atoms with van der Waals surface area (Å²) in [6, 6.07) is 17.5. The first-order chi connectivity index (χ1) is 10.6. The van der Waals surface area contributed by atoms with E-state index in [4.69, 9.17) is 5.26 Å². The Morgan fingerprint density at radius 3 is 2.27 bits per heavy atom. The van der Waals surface area contributed by atoms with E-state index in [2.05, 4.69) is 19.9 Å². The third kappa shape index (κ3) is 4.47. The van der Waals surface area contributed by atoms with Crippen LogP contribution >= 0.6 is 11.8 Å². The predicted molar refractivity (Wildman–Crippen MR) is 92.2 cm³/mol. The number of benzene rings is 2. The molecule has 2 aromatic carbocycles. The number of rotatable bonds is 6. The molecule has 0 spiro atoms.